The highest BCUT2D eigenvalue weighted by Crippen LogP contribution is 2.58. The van der Waals surface area contributed by atoms with Crippen molar-refractivity contribution >= 4 is 29.9 Å². The van der Waals surface area contributed by atoms with Gasteiger partial charge < -0.3 is 16.0 Å². The summed E-state index contributed by atoms with van der Waals surface area (Å²) in [5.74, 6) is -0.381. The summed E-state index contributed by atoms with van der Waals surface area (Å²) in [7, 11) is 0. The highest BCUT2D eigenvalue weighted by atomic mass is 35.5. The molecule has 160 valence electrons. The zero-order valence-electron chi connectivity index (χ0n) is 16.9. The van der Waals surface area contributed by atoms with Crippen LogP contribution in [0.25, 0.3) is 0 Å². The average Bonchev–Trinajstić information content (AvgIpc) is 3.42. The quantitative estimate of drug-likeness (QED) is 0.668. The van der Waals surface area contributed by atoms with Gasteiger partial charge in [0.25, 0.3) is 5.91 Å². The number of anilines is 1. The zero-order chi connectivity index (χ0) is 20.4. The number of amides is 2. The molecule has 3 N–H and O–H groups in total. The average molecular weight is 432 g/mol. The van der Waals surface area contributed by atoms with Crippen LogP contribution >= 0.6 is 12.4 Å². The van der Waals surface area contributed by atoms with Gasteiger partial charge in [-0.2, -0.15) is 0 Å². The SMILES string of the molecule is CC(NC(=O)C1CC12CCNCC2)c1ccc(NC(=O)c2ccc(F)cc2)cc1.Cl. The molecule has 30 heavy (non-hydrogen) atoms. The number of rotatable bonds is 5. The van der Waals surface area contributed by atoms with Crippen LogP contribution in [-0.2, 0) is 4.79 Å². The number of halogens is 2. The zero-order valence-corrected chi connectivity index (χ0v) is 17.7. The van der Waals surface area contributed by atoms with Crippen molar-refractivity contribution in [1.82, 2.24) is 10.6 Å². The lowest BCUT2D eigenvalue weighted by molar-refractivity contribution is -0.123. The van der Waals surface area contributed by atoms with Gasteiger partial charge in [-0.3, -0.25) is 9.59 Å². The molecular weight excluding hydrogens is 405 g/mol. The van der Waals surface area contributed by atoms with Crippen molar-refractivity contribution in [3.8, 4) is 0 Å². The number of carbonyl (C=O) groups excluding carboxylic acids is 2. The van der Waals surface area contributed by atoms with E-state index >= 15 is 0 Å². The molecule has 2 aromatic rings. The second-order valence-corrected chi connectivity index (χ2v) is 8.18. The molecule has 2 aromatic carbocycles. The van der Waals surface area contributed by atoms with Crippen LogP contribution in [0.3, 0.4) is 0 Å². The van der Waals surface area contributed by atoms with Crippen molar-refractivity contribution in [2.24, 2.45) is 11.3 Å². The molecule has 1 saturated carbocycles. The molecule has 2 fully saturated rings. The summed E-state index contributed by atoms with van der Waals surface area (Å²) in [6, 6.07) is 12.7. The Morgan fingerprint density at radius 2 is 1.70 bits per heavy atom. The largest absolute Gasteiger partial charge is 0.349 e. The molecule has 2 aliphatic rings. The Morgan fingerprint density at radius 3 is 2.33 bits per heavy atom. The Labute approximate surface area is 182 Å². The first kappa shape index (κ1) is 22.2. The molecule has 1 spiro atoms. The van der Waals surface area contributed by atoms with Crippen LogP contribution in [0.1, 0.15) is 48.1 Å². The first-order chi connectivity index (χ1) is 14.0. The Kier molecular flexibility index (Phi) is 6.78. The maximum Gasteiger partial charge on any atom is 0.255 e. The topological polar surface area (TPSA) is 70.2 Å². The Morgan fingerprint density at radius 1 is 1.07 bits per heavy atom. The number of hydrogen-bond acceptors (Lipinski definition) is 3. The van der Waals surface area contributed by atoms with Gasteiger partial charge in [-0.1, -0.05) is 12.1 Å². The van der Waals surface area contributed by atoms with E-state index in [0.29, 0.717) is 11.3 Å². The number of benzene rings is 2. The van der Waals surface area contributed by atoms with Crippen LogP contribution in [0.2, 0.25) is 0 Å². The number of nitrogens with one attached hydrogen (secondary N) is 3. The van der Waals surface area contributed by atoms with Crippen LogP contribution in [0.15, 0.2) is 48.5 Å². The van der Waals surface area contributed by atoms with Gasteiger partial charge in [-0.05, 0) is 86.7 Å². The molecule has 1 saturated heterocycles. The van der Waals surface area contributed by atoms with Crippen molar-refractivity contribution in [3.63, 3.8) is 0 Å². The predicted molar refractivity (Wildman–Crippen MR) is 117 cm³/mol. The molecule has 1 aliphatic heterocycles. The minimum Gasteiger partial charge on any atom is -0.349 e. The van der Waals surface area contributed by atoms with Crippen molar-refractivity contribution in [3.05, 3.63) is 65.5 Å². The smallest absolute Gasteiger partial charge is 0.255 e. The first-order valence-corrected chi connectivity index (χ1v) is 10.1. The van der Waals surface area contributed by atoms with Gasteiger partial charge >= 0.3 is 0 Å². The monoisotopic (exact) mass is 431 g/mol. The van der Waals surface area contributed by atoms with E-state index in [1.165, 1.54) is 24.3 Å². The molecule has 2 amide bonds. The lowest BCUT2D eigenvalue weighted by Gasteiger charge is -2.24. The summed E-state index contributed by atoms with van der Waals surface area (Å²) in [5.41, 5.74) is 2.26. The summed E-state index contributed by atoms with van der Waals surface area (Å²) in [5, 5.41) is 9.30. The molecule has 2 atom stereocenters. The number of piperidine rings is 1. The fourth-order valence-electron chi connectivity index (χ4n) is 4.25. The van der Waals surface area contributed by atoms with Gasteiger partial charge in [-0.15, -0.1) is 12.4 Å². The third-order valence-corrected chi connectivity index (χ3v) is 6.24. The first-order valence-electron chi connectivity index (χ1n) is 10.1. The third-order valence-electron chi connectivity index (χ3n) is 6.24. The van der Waals surface area contributed by atoms with E-state index in [1.807, 2.05) is 31.2 Å². The van der Waals surface area contributed by atoms with Crippen LogP contribution in [0.4, 0.5) is 10.1 Å². The minimum atomic E-state index is -0.376. The summed E-state index contributed by atoms with van der Waals surface area (Å²) >= 11 is 0. The highest BCUT2D eigenvalue weighted by Gasteiger charge is 2.57. The van der Waals surface area contributed by atoms with E-state index in [0.717, 1.165) is 37.9 Å². The highest BCUT2D eigenvalue weighted by molar-refractivity contribution is 6.04. The van der Waals surface area contributed by atoms with Gasteiger partial charge in [0.2, 0.25) is 5.91 Å². The maximum atomic E-state index is 13.0. The normalized spacial score (nSPS) is 20.0. The fraction of sp³-hybridized carbons (Fsp3) is 0.391. The summed E-state index contributed by atoms with van der Waals surface area (Å²) < 4.78 is 13.0. The summed E-state index contributed by atoms with van der Waals surface area (Å²) in [6.45, 7) is 3.98. The minimum absolute atomic E-state index is 0. The Hall–Kier alpha value is -2.44. The van der Waals surface area contributed by atoms with Crippen LogP contribution < -0.4 is 16.0 Å². The van der Waals surface area contributed by atoms with Gasteiger partial charge in [-0.25, -0.2) is 4.39 Å². The standard InChI is InChI=1S/C23H26FN3O2.ClH/c1-15(26-22(29)20-14-23(20)10-12-25-13-11-23)16-4-8-19(9-5-16)27-21(28)17-2-6-18(24)7-3-17;/h2-9,15,20,25H,10-14H2,1H3,(H,26,29)(H,27,28);1H. The van der Waals surface area contributed by atoms with E-state index < -0.39 is 0 Å². The second kappa shape index (κ2) is 9.14. The van der Waals surface area contributed by atoms with Crippen LogP contribution in [0, 0.1) is 17.2 Å². The van der Waals surface area contributed by atoms with Crippen molar-refractivity contribution in [1.29, 1.82) is 0 Å². The second-order valence-electron chi connectivity index (χ2n) is 8.18. The Bertz CT molecular complexity index is 896. The van der Waals surface area contributed by atoms with Gasteiger partial charge in [0.15, 0.2) is 0 Å². The molecule has 7 heteroatoms. The van der Waals surface area contributed by atoms with E-state index in [-0.39, 0.29) is 47.4 Å². The molecule has 5 nitrogen and oxygen atoms in total. The van der Waals surface area contributed by atoms with Gasteiger partial charge in [0.1, 0.15) is 5.82 Å². The van der Waals surface area contributed by atoms with Crippen LogP contribution in [0.5, 0.6) is 0 Å². The summed E-state index contributed by atoms with van der Waals surface area (Å²) in [6.07, 6.45) is 3.17. The molecule has 4 rings (SSSR count). The van der Waals surface area contributed by atoms with E-state index in [4.69, 9.17) is 0 Å². The van der Waals surface area contributed by atoms with E-state index in [2.05, 4.69) is 16.0 Å². The molecule has 1 aliphatic carbocycles. The van der Waals surface area contributed by atoms with Gasteiger partial charge in [0.05, 0.1) is 6.04 Å². The molecule has 2 unspecified atom stereocenters. The van der Waals surface area contributed by atoms with E-state index in [9.17, 15) is 14.0 Å². The van der Waals surface area contributed by atoms with Crippen molar-refractivity contribution in [2.75, 3.05) is 18.4 Å². The maximum absolute atomic E-state index is 13.0. The van der Waals surface area contributed by atoms with Crippen molar-refractivity contribution < 1.29 is 14.0 Å². The number of hydrogen-bond donors (Lipinski definition) is 3. The lowest BCUT2D eigenvalue weighted by atomic mass is 9.91. The molecule has 0 bridgehead atoms. The van der Waals surface area contributed by atoms with Gasteiger partial charge in [0, 0.05) is 17.2 Å². The van der Waals surface area contributed by atoms with E-state index in [1.54, 1.807) is 0 Å². The summed E-state index contributed by atoms with van der Waals surface area (Å²) in [4.78, 5) is 24.9. The van der Waals surface area contributed by atoms with Crippen LogP contribution in [-0.4, -0.2) is 24.9 Å². The lowest BCUT2D eigenvalue weighted by Crippen LogP contribution is -2.34. The Balaban J connectivity index is 0.00000256. The number of carbonyl (C=O) groups is 2. The molecule has 0 radical (unpaired) electrons. The van der Waals surface area contributed by atoms with Crippen molar-refractivity contribution in [2.45, 2.75) is 32.2 Å². The third kappa shape index (κ3) is 4.82. The molecular formula is C23H27ClFN3O2. The molecule has 0 aromatic heterocycles. The molecule has 1 heterocycles. The predicted octanol–water partition coefficient (Wildman–Crippen LogP) is 4.07. The fourth-order valence-corrected chi connectivity index (χ4v) is 4.25.